The fraction of sp³-hybridized carbons (Fsp3) is 0. The highest BCUT2D eigenvalue weighted by atomic mass is 16.3. The van der Waals surface area contributed by atoms with E-state index in [4.69, 9.17) is 22.6 Å². The van der Waals surface area contributed by atoms with Gasteiger partial charge in [0.05, 0.1) is 12.0 Å². The van der Waals surface area contributed by atoms with Crippen LogP contribution in [0.25, 0.3) is 5.70 Å². The lowest BCUT2D eigenvalue weighted by molar-refractivity contribution is 0.473. The molecule has 0 atom stereocenters. The second kappa shape index (κ2) is 6.15. The Hall–Kier alpha value is -2.89. The third-order valence-corrected chi connectivity index (χ3v) is 2.42. The average Bonchev–Trinajstić information content (AvgIpc) is 2.39. The molecule has 6 nitrogen and oxygen atoms in total. The van der Waals surface area contributed by atoms with Gasteiger partial charge in [-0.2, -0.15) is 0 Å². The summed E-state index contributed by atoms with van der Waals surface area (Å²) in [6.45, 7) is 3.54. The first kappa shape index (κ1) is 14.2. The van der Waals surface area contributed by atoms with E-state index in [0.717, 1.165) is 6.34 Å². The minimum atomic E-state index is -0.0122. The zero-order valence-corrected chi connectivity index (χ0v) is 10.4. The lowest BCUT2D eigenvalue weighted by Crippen LogP contribution is -2.22. The highest BCUT2D eigenvalue weighted by Gasteiger charge is 2.08. The summed E-state index contributed by atoms with van der Waals surface area (Å²) in [5.41, 5.74) is 18.0. The van der Waals surface area contributed by atoms with E-state index in [0.29, 0.717) is 11.3 Å². The quantitative estimate of drug-likeness (QED) is 0.304. The molecule has 6 heteroatoms. The number of rotatable bonds is 5. The topological polar surface area (TPSA) is 125 Å². The summed E-state index contributed by atoms with van der Waals surface area (Å²) in [7, 11) is 0. The third-order valence-electron chi connectivity index (χ3n) is 2.42. The molecule has 100 valence electrons. The molecule has 0 radical (unpaired) electrons. The van der Waals surface area contributed by atoms with Gasteiger partial charge in [0.25, 0.3) is 0 Å². The minimum absolute atomic E-state index is 0.0122. The van der Waals surface area contributed by atoms with Gasteiger partial charge in [0.1, 0.15) is 11.6 Å². The summed E-state index contributed by atoms with van der Waals surface area (Å²) in [6.07, 6.45) is 3.84. The zero-order valence-electron chi connectivity index (χ0n) is 10.4. The van der Waals surface area contributed by atoms with E-state index in [9.17, 15) is 5.11 Å². The predicted octanol–water partition coefficient (Wildman–Crippen LogP) is 0.831. The van der Waals surface area contributed by atoms with Gasteiger partial charge in [0, 0.05) is 17.5 Å². The molecule has 0 fully saturated rings. The van der Waals surface area contributed by atoms with Crippen LogP contribution in [-0.4, -0.2) is 16.3 Å². The molecule has 8 N–H and O–H groups in total. The average molecular weight is 259 g/mol. The second-order valence-corrected chi connectivity index (χ2v) is 3.68. The van der Waals surface area contributed by atoms with Gasteiger partial charge < -0.3 is 27.2 Å². The second-order valence-electron chi connectivity index (χ2n) is 3.68. The first-order valence-electron chi connectivity index (χ1n) is 5.43. The van der Waals surface area contributed by atoms with Crippen molar-refractivity contribution in [3.05, 3.63) is 60.2 Å². The summed E-state index contributed by atoms with van der Waals surface area (Å²) in [6, 6.07) is 6.61. The van der Waals surface area contributed by atoms with Crippen molar-refractivity contribution in [3.8, 4) is 5.75 Å². The van der Waals surface area contributed by atoms with Crippen LogP contribution >= 0.6 is 0 Å². The van der Waals surface area contributed by atoms with Crippen LogP contribution in [-0.2, 0) is 0 Å². The molecule has 0 aliphatic rings. The Kier molecular flexibility index (Phi) is 4.59. The summed E-state index contributed by atoms with van der Waals surface area (Å²) >= 11 is 0. The van der Waals surface area contributed by atoms with Crippen molar-refractivity contribution in [1.29, 1.82) is 5.41 Å². The van der Waals surface area contributed by atoms with Crippen LogP contribution in [0.2, 0.25) is 0 Å². The Morgan fingerprint density at radius 1 is 1.26 bits per heavy atom. The molecule has 1 aromatic carbocycles. The number of allylic oxidation sites excluding steroid dienone is 1. The monoisotopic (exact) mass is 259 g/mol. The highest BCUT2D eigenvalue weighted by Crippen LogP contribution is 2.22. The maximum Gasteiger partial charge on any atom is 0.124 e. The van der Waals surface area contributed by atoms with E-state index >= 15 is 0 Å². The van der Waals surface area contributed by atoms with Crippen molar-refractivity contribution in [1.82, 2.24) is 4.90 Å². The smallest absolute Gasteiger partial charge is 0.124 e. The number of para-hydroxylation sites is 1. The van der Waals surface area contributed by atoms with E-state index in [1.807, 2.05) is 0 Å². The molecule has 19 heavy (non-hydrogen) atoms. The fourth-order valence-electron chi connectivity index (χ4n) is 1.47. The number of nitrogens with one attached hydrogen (secondary N) is 1. The number of phenolic OH excluding ortho intramolecular Hbond substituents is 1. The summed E-state index contributed by atoms with van der Waals surface area (Å²) < 4.78 is 0. The minimum Gasteiger partial charge on any atom is -0.507 e. The van der Waals surface area contributed by atoms with Gasteiger partial charge in [-0.15, -0.1) is 0 Å². The molecular formula is C13H17N5O. The molecule has 0 aliphatic heterocycles. The molecule has 0 bridgehead atoms. The molecule has 0 aliphatic carbocycles. The van der Waals surface area contributed by atoms with Crippen LogP contribution in [0.3, 0.4) is 0 Å². The van der Waals surface area contributed by atoms with Crippen LogP contribution in [0.1, 0.15) is 5.56 Å². The van der Waals surface area contributed by atoms with Crippen molar-refractivity contribution >= 4 is 12.0 Å². The largest absolute Gasteiger partial charge is 0.507 e. The Morgan fingerprint density at radius 3 is 2.37 bits per heavy atom. The van der Waals surface area contributed by atoms with Crippen LogP contribution in [0.4, 0.5) is 0 Å². The fourth-order valence-corrected chi connectivity index (χ4v) is 1.47. The van der Waals surface area contributed by atoms with Gasteiger partial charge in [0.2, 0.25) is 0 Å². The molecule has 1 rings (SSSR count). The molecule has 0 spiro atoms. The number of hydrogen-bond donors (Lipinski definition) is 5. The third kappa shape index (κ3) is 3.29. The molecule has 0 saturated heterocycles. The van der Waals surface area contributed by atoms with Crippen LogP contribution in [0.5, 0.6) is 5.75 Å². The van der Waals surface area contributed by atoms with E-state index < -0.39 is 0 Å². The van der Waals surface area contributed by atoms with Crippen molar-refractivity contribution in [2.45, 2.75) is 0 Å². The van der Waals surface area contributed by atoms with Gasteiger partial charge in [-0.25, -0.2) is 0 Å². The molecule has 0 heterocycles. The Bertz CT molecular complexity index is 536. The van der Waals surface area contributed by atoms with Gasteiger partial charge in [0.15, 0.2) is 0 Å². The summed E-state index contributed by atoms with van der Waals surface area (Å²) in [5, 5.41) is 16.9. The van der Waals surface area contributed by atoms with Crippen molar-refractivity contribution in [3.63, 3.8) is 0 Å². The van der Waals surface area contributed by atoms with Gasteiger partial charge in [-0.3, -0.25) is 5.41 Å². The van der Waals surface area contributed by atoms with Gasteiger partial charge in [-0.05, 0) is 18.2 Å². The lowest BCUT2D eigenvalue weighted by atomic mass is 10.1. The molecular weight excluding hydrogens is 242 g/mol. The van der Waals surface area contributed by atoms with Crippen molar-refractivity contribution in [2.75, 3.05) is 0 Å². The van der Waals surface area contributed by atoms with E-state index in [1.165, 1.54) is 23.2 Å². The number of nitrogens with zero attached hydrogens (tertiary/aromatic N) is 1. The normalized spacial score (nSPS) is 10.6. The zero-order chi connectivity index (χ0) is 14.4. The van der Waals surface area contributed by atoms with Crippen LogP contribution in [0.15, 0.2) is 54.6 Å². The van der Waals surface area contributed by atoms with E-state index in [1.54, 1.807) is 18.2 Å². The van der Waals surface area contributed by atoms with E-state index in [-0.39, 0.29) is 17.3 Å². The predicted molar refractivity (Wildman–Crippen MR) is 76.5 cm³/mol. The Morgan fingerprint density at radius 2 is 1.89 bits per heavy atom. The van der Waals surface area contributed by atoms with Crippen molar-refractivity contribution < 1.29 is 5.11 Å². The standard InChI is InChI=1S/C13H17N5O/c1-2-18(8-14)11(13(16)17)7-10(15)9-5-3-4-6-12(9)19/h2-8,14,19H,1,15-17H2/b10-7-,14-8?. The lowest BCUT2D eigenvalue weighted by Gasteiger charge is -2.17. The molecule has 0 amide bonds. The van der Waals surface area contributed by atoms with Crippen molar-refractivity contribution in [2.24, 2.45) is 17.2 Å². The van der Waals surface area contributed by atoms with Crippen LogP contribution in [0, 0.1) is 5.41 Å². The molecule has 0 saturated carbocycles. The number of phenols is 1. The summed E-state index contributed by atoms with van der Waals surface area (Å²) in [4.78, 5) is 1.31. The van der Waals surface area contributed by atoms with Gasteiger partial charge in [-0.1, -0.05) is 18.7 Å². The summed E-state index contributed by atoms with van der Waals surface area (Å²) in [5.74, 6) is 0.0352. The SMILES string of the molecule is C=CN(C=N)C(/C=C(\N)c1ccccc1O)=C(N)N. The first-order valence-corrected chi connectivity index (χ1v) is 5.43. The number of hydrogen-bond acceptors (Lipinski definition) is 5. The number of benzene rings is 1. The maximum absolute atomic E-state index is 9.71. The molecule has 0 unspecified atom stereocenters. The first-order chi connectivity index (χ1) is 9.01. The van der Waals surface area contributed by atoms with Gasteiger partial charge >= 0.3 is 0 Å². The molecule has 1 aromatic rings. The molecule has 0 aromatic heterocycles. The number of aromatic hydroxyl groups is 1. The van der Waals surface area contributed by atoms with E-state index in [2.05, 4.69) is 6.58 Å². The van der Waals surface area contributed by atoms with Crippen LogP contribution < -0.4 is 17.2 Å². The Balaban J connectivity index is 3.25. The number of nitrogens with two attached hydrogens (primary N) is 3. The maximum atomic E-state index is 9.71. The highest BCUT2D eigenvalue weighted by molar-refractivity contribution is 5.71. The Labute approximate surface area is 111 Å².